The average Bonchev–Trinajstić information content (AvgIpc) is 2.39. The van der Waals surface area contributed by atoms with Crippen molar-refractivity contribution in [1.82, 2.24) is 19.3 Å². The molecule has 5 heteroatoms. The van der Waals surface area contributed by atoms with Crippen LogP contribution < -0.4 is 5.56 Å². The van der Waals surface area contributed by atoms with Gasteiger partial charge in [0.2, 0.25) is 0 Å². The molecule has 80 valence electrons. The highest BCUT2D eigenvalue weighted by Gasteiger charge is 2.21. The first kappa shape index (κ1) is 9.89. The molecule has 0 radical (unpaired) electrons. The van der Waals surface area contributed by atoms with Crippen molar-refractivity contribution in [2.24, 2.45) is 7.05 Å². The van der Waals surface area contributed by atoms with E-state index in [1.165, 1.54) is 6.33 Å². The van der Waals surface area contributed by atoms with Gasteiger partial charge in [-0.25, -0.2) is 14.6 Å². The standard InChI is InChI=1S/C10H14N4O/c1-10(2,3)14-9(15)7-5-11-6-12-8(7)13(14)4/h5-6H,1-4H3. The molecule has 0 saturated carbocycles. The van der Waals surface area contributed by atoms with Crippen LogP contribution in [0.5, 0.6) is 0 Å². The minimum absolute atomic E-state index is 0.0411. The Bertz CT molecular complexity index is 559. The number of hydrogen-bond acceptors (Lipinski definition) is 3. The van der Waals surface area contributed by atoms with E-state index in [0.717, 1.165) is 0 Å². The molecule has 0 aliphatic heterocycles. The molecule has 2 rings (SSSR count). The van der Waals surface area contributed by atoms with Gasteiger partial charge in [0.25, 0.3) is 5.56 Å². The van der Waals surface area contributed by atoms with E-state index in [4.69, 9.17) is 0 Å². The van der Waals surface area contributed by atoms with E-state index in [0.29, 0.717) is 11.0 Å². The van der Waals surface area contributed by atoms with Gasteiger partial charge < -0.3 is 0 Å². The number of hydrogen-bond donors (Lipinski definition) is 0. The zero-order valence-electron chi connectivity index (χ0n) is 9.35. The highest BCUT2D eigenvalue weighted by atomic mass is 16.1. The van der Waals surface area contributed by atoms with Gasteiger partial charge in [-0.05, 0) is 20.8 Å². The Balaban J connectivity index is 2.94. The van der Waals surface area contributed by atoms with Crippen molar-refractivity contribution in [3.63, 3.8) is 0 Å². The third-order valence-electron chi connectivity index (χ3n) is 2.36. The van der Waals surface area contributed by atoms with Crippen LogP contribution in [0.25, 0.3) is 11.0 Å². The van der Waals surface area contributed by atoms with Crippen LogP contribution in [0, 0.1) is 0 Å². The van der Waals surface area contributed by atoms with Gasteiger partial charge in [0.05, 0.1) is 5.54 Å². The van der Waals surface area contributed by atoms with Crippen molar-refractivity contribution in [3.05, 3.63) is 22.9 Å². The summed E-state index contributed by atoms with van der Waals surface area (Å²) in [4.78, 5) is 20.0. The molecule has 2 aromatic rings. The first-order valence-electron chi connectivity index (χ1n) is 4.81. The molecule has 0 aliphatic carbocycles. The summed E-state index contributed by atoms with van der Waals surface area (Å²) in [6, 6.07) is 0. The lowest BCUT2D eigenvalue weighted by molar-refractivity contribution is 0.306. The highest BCUT2D eigenvalue weighted by molar-refractivity contribution is 5.72. The van der Waals surface area contributed by atoms with Gasteiger partial charge in [0.15, 0.2) is 5.65 Å². The maximum absolute atomic E-state index is 12.1. The summed E-state index contributed by atoms with van der Waals surface area (Å²) in [5.41, 5.74) is 0.373. The molecule has 0 bridgehead atoms. The Hall–Kier alpha value is -1.65. The van der Waals surface area contributed by atoms with Crippen LogP contribution in [0.3, 0.4) is 0 Å². The van der Waals surface area contributed by atoms with Crippen molar-refractivity contribution in [3.8, 4) is 0 Å². The molecule has 0 aromatic carbocycles. The largest absolute Gasteiger partial charge is 0.278 e. The summed E-state index contributed by atoms with van der Waals surface area (Å²) < 4.78 is 3.46. The number of aromatic nitrogens is 4. The Labute approximate surface area is 87.4 Å². The zero-order valence-corrected chi connectivity index (χ0v) is 9.35. The lowest BCUT2D eigenvalue weighted by Crippen LogP contribution is -2.35. The van der Waals surface area contributed by atoms with Crippen LogP contribution in [-0.2, 0) is 12.6 Å². The normalized spacial score (nSPS) is 12.3. The molecular weight excluding hydrogens is 192 g/mol. The summed E-state index contributed by atoms with van der Waals surface area (Å²) in [5, 5.41) is 0.565. The third-order valence-corrected chi connectivity index (χ3v) is 2.36. The van der Waals surface area contributed by atoms with Crippen LogP contribution in [0.4, 0.5) is 0 Å². The quantitative estimate of drug-likeness (QED) is 0.643. The van der Waals surface area contributed by atoms with Crippen molar-refractivity contribution < 1.29 is 0 Å². The second-order valence-corrected chi connectivity index (χ2v) is 4.57. The van der Waals surface area contributed by atoms with Gasteiger partial charge in [0, 0.05) is 13.2 Å². The van der Waals surface area contributed by atoms with E-state index < -0.39 is 0 Å². The predicted molar refractivity (Wildman–Crippen MR) is 57.8 cm³/mol. The molecule has 2 aromatic heterocycles. The summed E-state index contributed by atoms with van der Waals surface area (Å²) in [5.74, 6) is 0. The van der Waals surface area contributed by atoms with Gasteiger partial charge >= 0.3 is 0 Å². The second kappa shape index (κ2) is 2.92. The van der Waals surface area contributed by atoms with E-state index in [-0.39, 0.29) is 11.1 Å². The Morgan fingerprint density at radius 2 is 2.00 bits per heavy atom. The molecule has 0 unspecified atom stereocenters. The molecular formula is C10H14N4O. The van der Waals surface area contributed by atoms with E-state index in [1.807, 2.05) is 27.8 Å². The van der Waals surface area contributed by atoms with Crippen LogP contribution in [0.15, 0.2) is 17.3 Å². The van der Waals surface area contributed by atoms with Crippen LogP contribution in [0.2, 0.25) is 0 Å². The fourth-order valence-corrected chi connectivity index (χ4v) is 1.83. The van der Waals surface area contributed by atoms with Gasteiger partial charge in [0.1, 0.15) is 11.7 Å². The number of aryl methyl sites for hydroxylation is 1. The highest BCUT2D eigenvalue weighted by Crippen LogP contribution is 2.14. The molecule has 0 N–H and O–H groups in total. The molecule has 0 saturated heterocycles. The van der Waals surface area contributed by atoms with Crippen molar-refractivity contribution in [1.29, 1.82) is 0 Å². The SMILES string of the molecule is Cn1c2ncncc2c(=O)n1C(C)(C)C. The van der Waals surface area contributed by atoms with Crippen molar-refractivity contribution in [2.45, 2.75) is 26.3 Å². The van der Waals surface area contributed by atoms with E-state index in [1.54, 1.807) is 15.6 Å². The Kier molecular flexibility index (Phi) is 1.92. The number of nitrogens with zero attached hydrogens (tertiary/aromatic N) is 4. The van der Waals surface area contributed by atoms with Crippen LogP contribution in [0.1, 0.15) is 20.8 Å². The molecule has 0 amide bonds. The van der Waals surface area contributed by atoms with E-state index >= 15 is 0 Å². The minimum Gasteiger partial charge on any atom is -0.267 e. The summed E-state index contributed by atoms with van der Waals surface area (Å²) in [7, 11) is 1.84. The molecule has 2 heterocycles. The van der Waals surface area contributed by atoms with Gasteiger partial charge in [-0.3, -0.25) is 9.48 Å². The maximum atomic E-state index is 12.1. The number of rotatable bonds is 0. The first-order chi connectivity index (χ1) is 6.93. The Morgan fingerprint density at radius 1 is 1.33 bits per heavy atom. The zero-order chi connectivity index (χ0) is 11.2. The van der Waals surface area contributed by atoms with Gasteiger partial charge in [-0.2, -0.15) is 0 Å². The smallest absolute Gasteiger partial charge is 0.267 e. The molecule has 0 fully saturated rings. The van der Waals surface area contributed by atoms with Crippen LogP contribution in [-0.4, -0.2) is 19.3 Å². The predicted octanol–water partition coefficient (Wildman–Crippen LogP) is 0.885. The van der Waals surface area contributed by atoms with Gasteiger partial charge in [-0.1, -0.05) is 0 Å². The number of fused-ring (bicyclic) bond motifs is 1. The molecule has 5 nitrogen and oxygen atoms in total. The second-order valence-electron chi connectivity index (χ2n) is 4.57. The Morgan fingerprint density at radius 3 is 2.53 bits per heavy atom. The van der Waals surface area contributed by atoms with Crippen molar-refractivity contribution in [2.75, 3.05) is 0 Å². The van der Waals surface area contributed by atoms with E-state index in [2.05, 4.69) is 9.97 Å². The lowest BCUT2D eigenvalue weighted by Gasteiger charge is -2.22. The molecule has 0 atom stereocenters. The van der Waals surface area contributed by atoms with Gasteiger partial charge in [-0.15, -0.1) is 0 Å². The summed E-state index contributed by atoms with van der Waals surface area (Å²) >= 11 is 0. The first-order valence-corrected chi connectivity index (χ1v) is 4.81. The van der Waals surface area contributed by atoms with Crippen molar-refractivity contribution >= 4 is 11.0 Å². The molecule has 0 spiro atoms. The minimum atomic E-state index is -0.257. The fraction of sp³-hybridized carbons (Fsp3) is 0.500. The summed E-state index contributed by atoms with van der Waals surface area (Å²) in [6.07, 6.45) is 3.02. The van der Waals surface area contributed by atoms with Crippen LogP contribution >= 0.6 is 0 Å². The third kappa shape index (κ3) is 1.35. The lowest BCUT2D eigenvalue weighted by atomic mass is 10.1. The monoisotopic (exact) mass is 206 g/mol. The fourth-order valence-electron chi connectivity index (χ4n) is 1.83. The summed E-state index contributed by atoms with van der Waals surface area (Å²) in [6.45, 7) is 5.96. The average molecular weight is 206 g/mol. The topological polar surface area (TPSA) is 52.7 Å². The molecule has 0 aliphatic rings. The van der Waals surface area contributed by atoms with E-state index in [9.17, 15) is 4.79 Å². The molecule has 15 heavy (non-hydrogen) atoms. The maximum Gasteiger partial charge on any atom is 0.278 e.